The lowest BCUT2D eigenvalue weighted by atomic mass is 10.1. The van der Waals surface area contributed by atoms with E-state index in [1.54, 1.807) is 0 Å². The third kappa shape index (κ3) is 5.02. The maximum atomic E-state index is 11.3. The van der Waals surface area contributed by atoms with Gasteiger partial charge in [-0.1, -0.05) is 35.4 Å². The first-order valence-electron chi connectivity index (χ1n) is 5.14. The molecular weight excluding hydrogens is 204 g/mol. The summed E-state index contributed by atoms with van der Waals surface area (Å²) in [6.07, 6.45) is 1.19. The van der Waals surface area contributed by atoms with E-state index in [4.69, 9.17) is 5.53 Å². The molecule has 0 saturated carbocycles. The molecule has 1 aromatic carbocycles. The smallest absolute Gasteiger partial charge is 0.220 e. The molecule has 0 aliphatic carbocycles. The van der Waals surface area contributed by atoms with Crippen molar-refractivity contribution in [2.45, 2.75) is 12.8 Å². The van der Waals surface area contributed by atoms with Gasteiger partial charge in [0.2, 0.25) is 5.91 Å². The highest BCUT2D eigenvalue weighted by molar-refractivity contribution is 5.76. The summed E-state index contributed by atoms with van der Waals surface area (Å²) < 4.78 is 0. The molecule has 5 heteroatoms. The average Bonchev–Trinajstić information content (AvgIpc) is 2.33. The number of carbonyl (C=O) groups is 1. The second-order valence-corrected chi connectivity index (χ2v) is 3.29. The molecule has 0 atom stereocenters. The van der Waals surface area contributed by atoms with E-state index < -0.39 is 0 Å². The van der Waals surface area contributed by atoms with Crippen LogP contribution in [0.1, 0.15) is 12.0 Å². The zero-order chi connectivity index (χ0) is 11.6. The van der Waals surface area contributed by atoms with E-state index in [-0.39, 0.29) is 5.91 Å². The number of benzene rings is 1. The Bertz CT molecular complexity index is 371. The number of aryl methyl sites for hydroxylation is 1. The monoisotopic (exact) mass is 218 g/mol. The van der Waals surface area contributed by atoms with Crippen LogP contribution in [0.3, 0.4) is 0 Å². The van der Waals surface area contributed by atoms with Crippen molar-refractivity contribution in [2.75, 3.05) is 13.1 Å². The molecule has 1 amide bonds. The van der Waals surface area contributed by atoms with Crippen LogP contribution < -0.4 is 5.32 Å². The Morgan fingerprint density at radius 2 is 2.12 bits per heavy atom. The van der Waals surface area contributed by atoms with Gasteiger partial charge in [-0.15, -0.1) is 0 Å². The van der Waals surface area contributed by atoms with Crippen molar-refractivity contribution in [1.29, 1.82) is 0 Å². The predicted octanol–water partition coefficient (Wildman–Crippen LogP) is 2.05. The molecule has 1 aromatic rings. The van der Waals surface area contributed by atoms with Crippen LogP contribution in [0.5, 0.6) is 0 Å². The van der Waals surface area contributed by atoms with Crippen molar-refractivity contribution in [3.05, 3.63) is 46.3 Å². The van der Waals surface area contributed by atoms with Crippen LogP contribution in [-0.2, 0) is 11.2 Å². The van der Waals surface area contributed by atoms with E-state index >= 15 is 0 Å². The standard InChI is InChI=1S/C11H14N4O/c12-15-14-9-8-13-11(16)7-6-10-4-2-1-3-5-10/h1-5H,6-9H2,(H,13,16). The van der Waals surface area contributed by atoms with Crippen LogP contribution in [0.25, 0.3) is 10.4 Å². The quantitative estimate of drug-likeness (QED) is 0.337. The van der Waals surface area contributed by atoms with Crippen LogP contribution in [0.4, 0.5) is 0 Å². The fraction of sp³-hybridized carbons (Fsp3) is 0.364. The van der Waals surface area contributed by atoms with Gasteiger partial charge in [-0.05, 0) is 17.5 Å². The molecule has 0 heterocycles. The van der Waals surface area contributed by atoms with Crippen LogP contribution in [0.15, 0.2) is 35.4 Å². The molecule has 0 aliphatic heterocycles. The highest BCUT2D eigenvalue weighted by atomic mass is 16.1. The predicted molar refractivity (Wildman–Crippen MR) is 61.8 cm³/mol. The van der Waals surface area contributed by atoms with Crippen LogP contribution in [-0.4, -0.2) is 19.0 Å². The van der Waals surface area contributed by atoms with Gasteiger partial charge in [0, 0.05) is 24.4 Å². The molecule has 1 N–H and O–H groups in total. The van der Waals surface area contributed by atoms with Crippen molar-refractivity contribution in [3.8, 4) is 0 Å². The summed E-state index contributed by atoms with van der Waals surface area (Å²) in [5.74, 6) is -0.0167. The number of hydrogen-bond acceptors (Lipinski definition) is 2. The van der Waals surface area contributed by atoms with E-state index in [1.807, 2.05) is 30.3 Å². The molecule has 0 bridgehead atoms. The first-order chi connectivity index (χ1) is 7.83. The number of hydrogen-bond donors (Lipinski definition) is 1. The fourth-order valence-corrected chi connectivity index (χ4v) is 1.28. The summed E-state index contributed by atoms with van der Waals surface area (Å²) in [6.45, 7) is 0.700. The minimum atomic E-state index is -0.0167. The summed E-state index contributed by atoms with van der Waals surface area (Å²) in [7, 11) is 0. The van der Waals surface area contributed by atoms with Crippen LogP contribution >= 0.6 is 0 Å². The van der Waals surface area contributed by atoms with E-state index in [9.17, 15) is 4.79 Å². The molecule has 0 saturated heterocycles. The normalized spacial score (nSPS) is 9.25. The molecular formula is C11H14N4O. The van der Waals surface area contributed by atoms with E-state index in [0.717, 1.165) is 12.0 Å². The highest BCUT2D eigenvalue weighted by Gasteiger charge is 2.00. The third-order valence-electron chi connectivity index (χ3n) is 2.08. The van der Waals surface area contributed by atoms with Gasteiger partial charge in [0.15, 0.2) is 0 Å². The lowest BCUT2D eigenvalue weighted by molar-refractivity contribution is -0.120. The Morgan fingerprint density at radius 1 is 1.38 bits per heavy atom. The van der Waals surface area contributed by atoms with Crippen molar-refractivity contribution in [3.63, 3.8) is 0 Å². The number of nitrogens with zero attached hydrogens (tertiary/aromatic N) is 3. The minimum Gasteiger partial charge on any atom is -0.356 e. The number of azide groups is 1. The zero-order valence-corrected chi connectivity index (χ0v) is 8.97. The number of amides is 1. The van der Waals surface area contributed by atoms with Gasteiger partial charge in [-0.3, -0.25) is 4.79 Å². The van der Waals surface area contributed by atoms with E-state index in [2.05, 4.69) is 15.3 Å². The maximum absolute atomic E-state index is 11.3. The molecule has 0 fully saturated rings. The Kier molecular flexibility index (Phi) is 5.52. The Balaban J connectivity index is 2.18. The van der Waals surface area contributed by atoms with Gasteiger partial charge in [-0.25, -0.2) is 0 Å². The summed E-state index contributed by atoms with van der Waals surface area (Å²) >= 11 is 0. The van der Waals surface area contributed by atoms with Crippen LogP contribution in [0, 0.1) is 0 Å². The van der Waals surface area contributed by atoms with Gasteiger partial charge in [0.1, 0.15) is 0 Å². The summed E-state index contributed by atoms with van der Waals surface area (Å²) in [4.78, 5) is 13.9. The third-order valence-corrected chi connectivity index (χ3v) is 2.08. The second kappa shape index (κ2) is 7.31. The minimum absolute atomic E-state index is 0.0167. The van der Waals surface area contributed by atoms with E-state index in [0.29, 0.717) is 19.5 Å². The molecule has 0 aromatic heterocycles. The van der Waals surface area contributed by atoms with Crippen molar-refractivity contribution in [2.24, 2.45) is 5.11 Å². The average molecular weight is 218 g/mol. The highest BCUT2D eigenvalue weighted by Crippen LogP contribution is 2.01. The maximum Gasteiger partial charge on any atom is 0.220 e. The van der Waals surface area contributed by atoms with Crippen molar-refractivity contribution in [1.82, 2.24) is 5.32 Å². The van der Waals surface area contributed by atoms with Gasteiger partial charge < -0.3 is 5.32 Å². The zero-order valence-electron chi connectivity index (χ0n) is 8.97. The fourth-order valence-electron chi connectivity index (χ4n) is 1.28. The largest absolute Gasteiger partial charge is 0.356 e. The SMILES string of the molecule is [N-]=[N+]=NCCNC(=O)CCc1ccccc1. The lowest BCUT2D eigenvalue weighted by Gasteiger charge is -2.03. The molecule has 0 radical (unpaired) electrons. The Morgan fingerprint density at radius 3 is 2.81 bits per heavy atom. The number of nitrogens with one attached hydrogen (secondary N) is 1. The molecule has 0 unspecified atom stereocenters. The first-order valence-corrected chi connectivity index (χ1v) is 5.14. The van der Waals surface area contributed by atoms with Gasteiger partial charge in [0.05, 0.1) is 0 Å². The van der Waals surface area contributed by atoms with Crippen LogP contribution in [0.2, 0.25) is 0 Å². The van der Waals surface area contributed by atoms with Gasteiger partial charge in [0.25, 0.3) is 0 Å². The summed E-state index contributed by atoms with van der Waals surface area (Å²) in [5.41, 5.74) is 9.18. The second-order valence-electron chi connectivity index (χ2n) is 3.29. The molecule has 5 nitrogen and oxygen atoms in total. The Hall–Kier alpha value is -2.00. The van der Waals surface area contributed by atoms with E-state index in [1.165, 1.54) is 0 Å². The Labute approximate surface area is 94.1 Å². The molecule has 16 heavy (non-hydrogen) atoms. The number of carbonyl (C=O) groups excluding carboxylic acids is 1. The van der Waals surface area contributed by atoms with Crippen molar-refractivity contribution < 1.29 is 4.79 Å². The molecule has 1 rings (SSSR count). The first kappa shape index (κ1) is 12.1. The molecule has 0 aliphatic rings. The molecule has 0 spiro atoms. The summed E-state index contributed by atoms with van der Waals surface area (Å²) in [6, 6.07) is 9.84. The topological polar surface area (TPSA) is 77.9 Å². The number of rotatable bonds is 6. The van der Waals surface area contributed by atoms with Crippen molar-refractivity contribution >= 4 is 5.91 Å². The van der Waals surface area contributed by atoms with Gasteiger partial charge >= 0.3 is 0 Å². The van der Waals surface area contributed by atoms with Gasteiger partial charge in [-0.2, -0.15) is 0 Å². The summed E-state index contributed by atoms with van der Waals surface area (Å²) in [5, 5.41) is 6.01. The molecule has 84 valence electrons. The lowest BCUT2D eigenvalue weighted by Crippen LogP contribution is -2.26.